The molecule has 0 aliphatic carbocycles. The van der Waals surface area contributed by atoms with Crippen LogP contribution in [0.5, 0.6) is 0 Å². The number of nitrogens with one attached hydrogen (secondary N) is 1. The van der Waals surface area contributed by atoms with Crippen LogP contribution in [0, 0.1) is 6.92 Å². The van der Waals surface area contributed by atoms with Crippen molar-refractivity contribution in [2.75, 3.05) is 11.1 Å². The van der Waals surface area contributed by atoms with Gasteiger partial charge in [0.25, 0.3) is 5.89 Å². The summed E-state index contributed by atoms with van der Waals surface area (Å²) in [5, 5.41) is 7.54. The van der Waals surface area contributed by atoms with E-state index in [0.717, 1.165) is 28.3 Å². The zero-order valence-electron chi connectivity index (χ0n) is 14.0. The number of para-hydroxylation sites is 1. The van der Waals surface area contributed by atoms with Crippen molar-refractivity contribution in [1.82, 2.24) is 15.1 Å². The van der Waals surface area contributed by atoms with Crippen molar-refractivity contribution < 1.29 is 9.32 Å². The number of carbonyl (C=O) groups is 1. The molecule has 2 aromatic heterocycles. The number of rotatable bonds is 6. The Kier molecular flexibility index (Phi) is 5.45. The van der Waals surface area contributed by atoms with Crippen LogP contribution in [0.4, 0.5) is 5.69 Å². The Hall–Kier alpha value is -2.67. The summed E-state index contributed by atoms with van der Waals surface area (Å²) in [6, 6.07) is 11.4. The summed E-state index contributed by atoms with van der Waals surface area (Å²) in [4.78, 5) is 20.7. The van der Waals surface area contributed by atoms with Gasteiger partial charge in [0, 0.05) is 18.3 Å². The molecule has 1 aromatic carbocycles. The van der Waals surface area contributed by atoms with Gasteiger partial charge >= 0.3 is 0 Å². The molecule has 0 atom stereocenters. The molecule has 6 nitrogen and oxygen atoms in total. The van der Waals surface area contributed by atoms with Gasteiger partial charge in [-0.25, -0.2) is 4.98 Å². The minimum absolute atomic E-state index is 0.0605. The van der Waals surface area contributed by atoms with Crippen molar-refractivity contribution in [2.24, 2.45) is 0 Å². The third kappa shape index (κ3) is 4.45. The van der Waals surface area contributed by atoms with Gasteiger partial charge in [-0.3, -0.25) is 4.79 Å². The molecule has 25 heavy (non-hydrogen) atoms. The molecule has 0 radical (unpaired) electrons. The summed E-state index contributed by atoms with van der Waals surface area (Å²) >= 11 is 1.38. The number of nitrogens with zero attached hydrogens (tertiary/aromatic N) is 3. The van der Waals surface area contributed by atoms with Gasteiger partial charge in [0.15, 0.2) is 5.82 Å². The highest BCUT2D eigenvalue weighted by molar-refractivity contribution is 7.99. The van der Waals surface area contributed by atoms with Crippen LogP contribution in [0.15, 0.2) is 52.1 Å². The second-order valence-electron chi connectivity index (χ2n) is 5.41. The number of thioether (sulfide) groups is 1. The molecule has 128 valence electrons. The van der Waals surface area contributed by atoms with Gasteiger partial charge in [-0.1, -0.05) is 42.0 Å². The number of carbonyl (C=O) groups excluding carboxylic acids is 1. The Bertz CT molecular complexity index is 862. The highest BCUT2D eigenvalue weighted by Gasteiger charge is 2.09. The van der Waals surface area contributed by atoms with Crippen LogP contribution in [-0.2, 0) is 11.2 Å². The number of benzene rings is 1. The third-order valence-electron chi connectivity index (χ3n) is 3.54. The molecule has 0 aliphatic rings. The molecule has 0 spiro atoms. The smallest absolute Gasteiger partial charge is 0.259 e. The largest absolute Gasteiger partial charge is 0.334 e. The first kappa shape index (κ1) is 17.2. The van der Waals surface area contributed by atoms with Gasteiger partial charge < -0.3 is 9.84 Å². The summed E-state index contributed by atoms with van der Waals surface area (Å²) in [5.74, 6) is 1.36. The summed E-state index contributed by atoms with van der Waals surface area (Å²) in [5.41, 5.74) is 2.63. The van der Waals surface area contributed by atoms with Crippen molar-refractivity contribution >= 4 is 23.4 Å². The molecule has 0 bridgehead atoms. The van der Waals surface area contributed by atoms with E-state index in [-0.39, 0.29) is 5.91 Å². The molecule has 2 heterocycles. The van der Waals surface area contributed by atoms with E-state index >= 15 is 0 Å². The summed E-state index contributed by atoms with van der Waals surface area (Å²) in [6.07, 6.45) is 2.40. The van der Waals surface area contributed by atoms with E-state index < -0.39 is 0 Å². The van der Waals surface area contributed by atoms with E-state index in [1.54, 1.807) is 6.20 Å². The molecule has 1 amide bonds. The van der Waals surface area contributed by atoms with Crippen molar-refractivity contribution in [1.29, 1.82) is 0 Å². The zero-order chi connectivity index (χ0) is 17.6. The average Bonchev–Trinajstić information content (AvgIpc) is 3.12. The van der Waals surface area contributed by atoms with Crippen LogP contribution in [0.1, 0.15) is 18.3 Å². The van der Waals surface area contributed by atoms with Gasteiger partial charge in [-0.2, -0.15) is 4.98 Å². The standard InChI is InChI=1S/C18H18N4O2S/c1-3-15-21-18(24-22-15)13-8-9-17(19-10-13)25-11-16(23)20-14-7-5-4-6-12(14)2/h4-10H,3,11H2,1-2H3,(H,20,23). The van der Waals surface area contributed by atoms with Crippen LogP contribution in [-0.4, -0.2) is 26.8 Å². The Labute approximate surface area is 150 Å². The van der Waals surface area contributed by atoms with E-state index in [4.69, 9.17) is 4.52 Å². The van der Waals surface area contributed by atoms with Crippen molar-refractivity contribution in [3.05, 3.63) is 54.0 Å². The second-order valence-corrected chi connectivity index (χ2v) is 6.40. The monoisotopic (exact) mass is 354 g/mol. The maximum Gasteiger partial charge on any atom is 0.259 e. The minimum atomic E-state index is -0.0605. The van der Waals surface area contributed by atoms with E-state index in [1.807, 2.05) is 50.2 Å². The van der Waals surface area contributed by atoms with Gasteiger partial charge in [-0.15, -0.1) is 0 Å². The van der Waals surface area contributed by atoms with Crippen LogP contribution in [0.3, 0.4) is 0 Å². The highest BCUT2D eigenvalue weighted by Crippen LogP contribution is 2.21. The zero-order valence-corrected chi connectivity index (χ0v) is 14.8. The third-order valence-corrected chi connectivity index (χ3v) is 4.48. The lowest BCUT2D eigenvalue weighted by Gasteiger charge is -2.07. The number of aromatic nitrogens is 3. The Morgan fingerprint density at radius 3 is 2.76 bits per heavy atom. The first-order valence-electron chi connectivity index (χ1n) is 7.93. The topological polar surface area (TPSA) is 80.9 Å². The number of anilines is 1. The lowest BCUT2D eigenvalue weighted by molar-refractivity contribution is -0.113. The Morgan fingerprint density at radius 1 is 1.24 bits per heavy atom. The summed E-state index contributed by atoms with van der Waals surface area (Å²) in [6.45, 7) is 3.93. The Balaban J connectivity index is 1.56. The molecule has 3 aromatic rings. The molecule has 0 saturated carbocycles. The van der Waals surface area contributed by atoms with Gasteiger partial charge in [0.1, 0.15) is 0 Å². The van der Waals surface area contributed by atoms with Crippen molar-refractivity contribution in [3.8, 4) is 11.5 Å². The molecule has 7 heteroatoms. The van der Waals surface area contributed by atoms with E-state index in [1.165, 1.54) is 11.8 Å². The number of aryl methyl sites for hydroxylation is 2. The molecule has 0 unspecified atom stereocenters. The molecule has 3 rings (SSSR count). The van der Waals surface area contributed by atoms with Gasteiger partial charge in [-0.05, 0) is 30.7 Å². The normalized spacial score (nSPS) is 10.6. The van der Waals surface area contributed by atoms with E-state index in [0.29, 0.717) is 17.5 Å². The first-order valence-corrected chi connectivity index (χ1v) is 8.91. The van der Waals surface area contributed by atoms with Gasteiger partial charge in [0.05, 0.1) is 16.3 Å². The average molecular weight is 354 g/mol. The lowest BCUT2D eigenvalue weighted by atomic mass is 10.2. The summed E-state index contributed by atoms with van der Waals surface area (Å²) in [7, 11) is 0. The first-order chi connectivity index (χ1) is 12.2. The van der Waals surface area contributed by atoms with Crippen molar-refractivity contribution in [3.63, 3.8) is 0 Å². The number of hydrogen-bond donors (Lipinski definition) is 1. The van der Waals surface area contributed by atoms with E-state index in [9.17, 15) is 4.79 Å². The maximum atomic E-state index is 12.1. The molecule has 1 N–H and O–H groups in total. The quantitative estimate of drug-likeness (QED) is 0.679. The van der Waals surface area contributed by atoms with Crippen LogP contribution >= 0.6 is 11.8 Å². The predicted molar refractivity (Wildman–Crippen MR) is 97.4 cm³/mol. The fourth-order valence-corrected chi connectivity index (χ4v) is 2.79. The molecule has 0 saturated heterocycles. The second kappa shape index (κ2) is 7.94. The maximum absolute atomic E-state index is 12.1. The lowest BCUT2D eigenvalue weighted by Crippen LogP contribution is -2.14. The van der Waals surface area contributed by atoms with E-state index in [2.05, 4.69) is 20.4 Å². The van der Waals surface area contributed by atoms with Crippen LogP contribution < -0.4 is 5.32 Å². The Morgan fingerprint density at radius 2 is 2.08 bits per heavy atom. The summed E-state index contributed by atoms with van der Waals surface area (Å²) < 4.78 is 5.19. The molecular formula is C18H18N4O2S. The number of pyridine rings is 1. The molecule has 0 aliphatic heterocycles. The molecule has 0 fully saturated rings. The predicted octanol–water partition coefficient (Wildman–Crippen LogP) is 3.73. The van der Waals surface area contributed by atoms with Crippen LogP contribution in [0.25, 0.3) is 11.5 Å². The fourth-order valence-electron chi connectivity index (χ4n) is 2.15. The highest BCUT2D eigenvalue weighted by atomic mass is 32.2. The van der Waals surface area contributed by atoms with Gasteiger partial charge in [0.2, 0.25) is 5.91 Å². The SMILES string of the molecule is CCc1noc(-c2ccc(SCC(=O)Nc3ccccc3C)nc2)n1. The fraction of sp³-hybridized carbons (Fsp3) is 0.222. The number of amides is 1. The number of hydrogen-bond acceptors (Lipinski definition) is 6. The minimum Gasteiger partial charge on any atom is -0.334 e. The molecular weight excluding hydrogens is 336 g/mol. The van der Waals surface area contributed by atoms with Crippen LogP contribution in [0.2, 0.25) is 0 Å². The van der Waals surface area contributed by atoms with Crippen molar-refractivity contribution in [2.45, 2.75) is 25.3 Å².